The summed E-state index contributed by atoms with van der Waals surface area (Å²) >= 11 is 0. The predicted octanol–water partition coefficient (Wildman–Crippen LogP) is 2.46. The van der Waals surface area contributed by atoms with E-state index in [0.717, 1.165) is 0 Å². The maximum Gasteiger partial charge on any atom is 0.326 e. The number of carboxylic acid groups (broad SMARTS) is 1. The van der Waals surface area contributed by atoms with E-state index in [-0.39, 0.29) is 11.8 Å². The molecule has 0 radical (unpaired) electrons. The van der Waals surface area contributed by atoms with Crippen LogP contribution in [0.15, 0.2) is 36.5 Å². The largest absolute Gasteiger partial charge is 0.480 e. The number of hydrogen-bond acceptors (Lipinski definition) is 3. The van der Waals surface area contributed by atoms with Crippen LogP contribution < -0.4 is 5.32 Å². The molecule has 2 aromatic rings. The molecule has 0 saturated carbocycles. The van der Waals surface area contributed by atoms with E-state index in [1.807, 2.05) is 19.9 Å². The summed E-state index contributed by atoms with van der Waals surface area (Å²) < 4.78 is 0. The highest BCUT2D eigenvalue weighted by atomic mass is 16.4. The zero-order valence-electron chi connectivity index (χ0n) is 12.0. The van der Waals surface area contributed by atoms with Gasteiger partial charge in [0.15, 0.2) is 0 Å². The highest BCUT2D eigenvalue weighted by Gasteiger charge is 2.22. The Morgan fingerprint density at radius 3 is 2.67 bits per heavy atom. The van der Waals surface area contributed by atoms with Gasteiger partial charge in [-0.15, -0.1) is 0 Å². The Balaban J connectivity index is 2.27. The summed E-state index contributed by atoms with van der Waals surface area (Å²) in [7, 11) is 0. The van der Waals surface area contributed by atoms with Crippen molar-refractivity contribution < 1.29 is 14.7 Å². The van der Waals surface area contributed by atoms with Crippen LogP contribution in [0.2, 0.25) is 0 Å². The van der Waals surface area contributed by atoms with Gasteiger partial charge in [-0.25, -0.2) is 4.79 Å². The van der Waals surface area contributed by atoms with E-state index in [1.54, 1.807) is 30.5 Å². The lowest BCUT2D eigenvalue weighted by Crippen LogP contribution is -2.41. The van der Waals surface area contributed by atoms with Gasteiger partial charge in [-0.2, -0.15) is 0 Å². The topological polar surface area (TPSA) is 79.3 Å². The molecule has 1 aromatic heterocycles. The normalized spacial score (nSPS) is 12.3. The molecule has 1 amide bonds. The second kappa shape index (κ2) is 6.35. The van der Waals surface area contributed by atoms with Gasteiger partial charge >= 0.3 is 5.97 Å². The maximum atomic E-state index is 12.4. The molecule has 1 aromatic carbocycles. The number of amides is 1. The van der Waals surface area contributed by atoms with Gasteiger partial charge in [0, 0.05) is 17.1 Å². The van der Waals surface area contributed by atoms with Crippen LogP contribution in [0, 0.1) is 5.92 Å². The van der Waals surface area contributed by atoms with E-state index in [0.29, 0.717) is 22.9 Å². The molecule has 5 nitrogen and oxygen atoms in total. The first-order valence-corrected chi connectivity index (χ1v) is 6.86. The zero-order chi connectivity index (χ0) is 15.4. The van der Waals surface area contributed by atoms with Gasteiger partial charge in [0.2, 0.25) is 0 Å². The first-order valence-electron chi connectivity index (χ1n) is 6.86. The molecule has 1 atom stereocenters. The quantitative estimate of drug-likeness (QED) is 0.885. The fraction of sp³-hybridized carbons (Fsp3) is 0.312. The van der Waals surface area contributed by atoms with Crippen molar-refractivity contribution in [2.45, 2.75) is 26.3 Å². The lowest BCUT2D eigenvalue weighted by molar-refractivity contribution is -0.139. The number of aromatic nitrogens is 1. The Morgan fingerprint density at radius 1 is 1.24 bits per heavy atom. The Kier molecular flexibility index (Phi) is 4.52. The molecule has 0 saturated heterocycles. The van der Waals surface area contributed by atoms with Crippen molar-refractivity contribution in [3.63, 3.8) is 0 Å². The standard InChI is InChI=1S/C16H18N2O3/c1-10(2)9-14(16(20)21)18-15(19)12-5-3-7-13-11(12)6-4-8-17-13/h3-8,10,14H,9H2,1-2H3,(H,18,19)(H,20,21)/t14-/m0/s1. The fourth-order valence-corrected chi connectivity index (χ4v) is 2.23. The van der Waals surface area contributed by atoms with E-state index in [9.17, 15) is 14.7 Å². The van der Waals surface area contributed by atoms with Crippen LogP contribution in [0.3, 0.4) is 0 Å². The van der Waals surface area contributed by atoms with Gasteiger partial charge in [0.05, 0.1) is 5.52 Å². The van der Waals surface area contributed by atoms with Crippen molar-refractivity contribution in [3.8, 4) is 0 Å². The van der Waals surface area contributed by atoms with Gasteiger partial charge in [0.1, 0.15) is 6.04 Å². The monoisotopic (exact) mass is 286 g/mol. The van der Waals surface area contributed by atoms with Crippen molar-refractivity contribution in [2.75, 3.05) is 0 Å². The van der Waals surface area contributed by atoms with Crippen LogP contribution >= 0.6 is 0 Å². The highest BCUT2D eigenvalue weighted by Crippen LogP contribution is 2.17. The van der Waals surface area contributed by atoms with E-state index >= 15 is 0 Å². The molecule has 21 heavy (non-hydrogen) atoms. The maximum absolute atomic E-state index is 12.4. The molecule has 0 fully saturated rings. The third-order valence-electron chi connectivity index (χ3n) is 3.20. The Bertz CT molecular complexity index is 662. The number of benzene rings is 1. The van der Waals surface area contributed by atoms with Gasteiger partial charge in [0.25, 0.3) is 5.91 Å². The summed E-state index contributed by atoms with van der Waals surface area (Å²) in [4.78, 5) is 27.8. The van der Waals surface area contributed by atoms with Crippen LogP contribution in [-0.4, -0.2) is 28.0 Å². The third-order valence-corrected chi connectivity index (χ3v) is 3.20. The van der Waals surface area contributed by atoms with Crippen molar-refractivity contribution in [2.24, 2.45) is 5.92 Å². The van der Waals surface area contributed by atoms with Gasteiger partial charge in [-0.1, -0.05) is 26.0 Å². The van der Waals surface area contributed by atoms with Crippen molar-refractivity contribution in [3.05, 3.63) is 42.1 Å². The van der Waals surface area contributed by atoms with E-state index < -0.39 is 12.0 Å². The molecule has 0 aliphatic rings. The van der Waals surface area contributed by atoms with Crippen LogP contribution in [0.1, 0.15) is 30.6 Å². The van der Waals surface area contributed by atoms with Gasteiger partial charge in [-0.3, -0.25) is 9.78 Å². The molecule has 0 aliphatic heterocycles. The number of fused-ring (bicyclic) bond motifs is 1. The number of nitrogens with one attached hydrogen (secondary N) is 1. The number of carboxylic acids is 1. The van der Waals surface area contributed by atoms with Gasteiger partial charge in [-0.05, 0) is 30.5 Å². The summed E-state index contributed by atoms with van der Waals surface area (Å²) in [5.74, 6) is -1.22. The molecular formula is C16H18N2O3. The predicted molar refractivity (Wildman–Crippen MR) is 80.1 cm³/mol. The van der Waals surface area contributed by atoms with Crippen LogP contribution in [-0.2, 0) is 4.79 Å². The summed E-state index contributed by atoms with van der Waals surface area (Å²) in [6, 6.07) is 7.90. The second-order valence-electron chi connectivity index (χ2n) is 5.37. The second-order valence-corrected chi connectivity index (χ2v) is 5.37. The van der Waals surface area contributed by atoms with E-state index in [1.165, 1.54) is 0 Å². The minimum atomic E-state index is -1.02. The number of rotatable bonds is 5. The smallest absolute Gasteiger partial charge is 0.326 e. The lowest BCUT2D eigenvalue weighted by Gasteiger charge is -2.17. The molecule has 2 rings (SSSR count). The highest BCUT2D eigenvalue weighted by molar-refractivity contribution is 6.07. The third kappa shape index (κ3) is 3.56. The molecule has 2 N–H and O–H groups in total. The lowest BCUT2D eigenvalue weighted by atomic mass is 10.0. The first-order chi connectivity index (χ1) is 9.99. The molecule has 0 aliphatic carbocycles. The summed E-state index contributed by atoms with van der Waals surface area (Å²) in [6.45, 7) is 3.84. The van der Waals surface area contributed by atoms with Crippen LogP contribution in [0.4, 0.5) is 0 Å². The average molecular weight is 286 g/mol. The Hall–Kier alpha value is -2.43. The van der Waals surface area contributed by atoms with Crippen molar-refractivity contribution in [1.82, 2.24) is 10.3 Å². The summed E-state index contributed by atoms with van der Waals surface area (Å²) in [5.41, 5.74) is 1.15. The molecule has 5 heteroatoms. The minimum absolute atomic E-state index is 0.181. The molecule has 0 unspecified atom stereocenters. The SMILES string of the molecule is CC(C)C[C@H](NC(=O)c1cccc2ncccc12)C(=O)O. The van der Waals surface area contributed by atoms with Crippen molar-refractivity contribution in [1.29, 1.82) is 0 Å². The molecule has 1 heterocycles. The number of hydrogen-bond donors (Lipinski definition) is 2. The Morgan fingerprint density at radius 2 is 2.00 bits per heavy atom. The summed E-state index contributed by atoms with van der Waals surface area (Å²) in [6.07, 6.45) is 2.05. The molecular weight excluding hydrogens is 268 g/mol. The number of carbonyl (C=O) groups excluding carboxylic acids is 1. The number of aliphatic carboxylic acids is 1. The number of carbonyl (C=O) groups is 2. The van der Waals surface area contributed by atoms with E-state index in [4.69, 9.17) is 0 Å². The van der Waals surface area contributed by atoms with E-state index in [2.05, 4.69) is 10.3 Å². The van der Waals surface area contributed by atoms with Gasteiger partial charge < -0.3 is 10.4 Å². The average Bonchev–Trinajstić information content (AvgIpc) is 2.45. The minimum Gasteiger partial charge on any atom is -0.480 e. The molecule has 110 valence electrons. The number of nitrogens with zero attached hydrogens (tertiary/aromatic N) is 1. The van der Waals surface area contributed by atoms with Crippen LogP contribution in [0.5, 0.6) is 0 Å². The first kappa shape index (κ1) is 15.0. The zero-order valence-corrected chi connectivity index (χ0v) is 12.0. The summed E-state index contributed by atoms with van der Waals surface area (Å²) in [5, 5.41) is 12.5. The van der Waals surface area contributed by atoms with Crippen LogP contribution in [0.25, 0.3) is 10.9 Å². The Labute approximate surface area is 123 Å². The molecule has 0 bridgehead atoms. The number of pyridine rings is 1. The fourth-order valence-electron chi connectivity index (χ4n) is 2.23. The van der Waals surface area contributed by atoms with Crippen molar-refractivity contribution >= 4 is 22.8 Å². The molecule has 0 spiro atoms.